The lowest BCUT2D eigenvalue weighted by atomic mass is 9.80. The average molecular weight is 761 g/mol. The summed E-state index contributed by atoms with van der Waals surface area (Å²) in [6, 6.07) is 54.6. The van der Waals surface area contributed by atoms with Crippen LogP contribution in [-0.2, 0) is 0 Å². The molecule has 0 aliphatic heterocycles. The largest absolute Gasteiger partial charge is 0.0616 e. The molecule has 0 amide bonds. The van der Waals surface area contributed by atoms with Crippen LogP contribution in [0.15, 0.2) is 155 Å². The Morgan fingerprint density at radius 3 is 0.800 bits per heavy atom. The third-order valence-electron chi connectivity index (χ3n) is 11.5. The number of halogens is 2. The molecule has 230 valence electrons. The Morgan fingerprint density at radius 2 is 0.440 bits per heavy atom. The first-order valence-corrected chi connectivity index (χ1v) is 18.7. The number of fused-ring (bicyclic) bond motifs is 8. The average Bonchev–Trinajstić information content (AvgIpc) is 3.18. The topological polar surface area (TPSA) is 0 Å². The van der Waals surface area contributed by atoms with E-state index < -0.39 is 0 Å². The third-order valence-corrected chi connectivity index (χ3v) is 13.2. The molecule has 0 aromatic heterocycles. The van der Waals surface area contributed by atoms with Crippen LogP contribution in [0.1, 0.15) is 0 Å². The minimum atomic E-state index is 1.16. The van der Waals surface area contributed by atoms with Gasteiger partial charge in [-0.2, -0.15) is 0 Å². The highest BCUT2D eigenvalue weighted by Crippen LogP contribution is 2.53. The van der Waals surface area contributed by atoms with Gasteiger partial charge in [-0.25, -0.2) is 0 Å². The van der Waals surface area contributed by atoms with Gasteiger partial charge in [-0.3, -0.25) is 0 Å². The molecule has 12 aromatic carbocycles. The van der Waals surface area contributed by atoms with E-state index in [0.717, 1.165) is 8.95 Å². The molecule has 0 fully saturated rings. The van der Waals surface area contributed by atoms with Crippen molar-refractivity contribution in [2.24, 2.45) is 0 Å². The van der Waals surface area contributed by atoms with E-state index in [-0.39, 0.29) is 0 Å². The standard InChI is InChI=1S/C48H24Br2/c49-47-35-15-7-3-11-27(35)33-19-17-31-25-9-1-5-13-29(25)41(37-21-23-39(47)45(33)43(31)37)42-30-14-6-2-10-26(30)32-18-20-34-28-12-4-8-16-36(28)48(50)40-24-22-38(42)44(32)46(34)40/h1-24H. The molecule has 0 saturated heterocycles. The zero-order chi connectivity index (χ0) is 32.8. The lowest BCUT2D eigenvalue weighted by Crippen LogP contribution is -1.95. The Balaban J connectivity index is 1.37. The molecule has 0 unspecified atom stereocenters. The summed E-state index contributed by atoms with van der Waals surface area (Å²) in [4.78, 5) is 0. The monoisotopic (exact) mass is 758 g/mol. The van der Waals surface area contributed by atoms with E-state index in [1.807, 2.05) is 0 Å². The summed E-state index contributed by atoms with van der Waals surface area (Å²) in [6.07, 6.45) is 0. The second-order valence-corrected chi connectivity index (χ2v) is 15.3. The predicted molar refractivity (Wildman–Crippen MR) is 225 cm³/mol. The van der Waals surface area contributed by atoms with E-state index in [2.05, 4.69) is 177 Å². The minimum Gasteiger partial charge on any atom is -0.0616 e. The normalized spacial score (nSPS) is 12.6. The maximum Gasteiger partial charge on any atom is 0.0332 e. The van der Waals surface area contributed by atoms with E-state index >= 15 is 0 Å². The van der Waals surface area contributed by atoms with E-state index in [0.29, 0.717) is 0 Å². The fraction of sp³-hybridized carbons (Fsp3) is 0. The van der Waals surface area contributed by atoms with Crippen molar-refractivity contribution in [1.82, 2.24) is 0 Å². The number of hydrogen-bond acceptors (Lipinski definition) is 0. The first kappa shape index (κ1) is 27.5. The second-order valence-electron chi connectivity index (χ2n) is 13.7. The molecular formula is C48H24Br2. The summed E-state index contributed by atoms with van der Waals surface area (Å²) < 4.78 is 2.33. The molecule has 0 spiro atoms. The van der Waals surface area contributed by atoms with Gasteiger partial charge in [-0.15, -0.1) is 0 Å². The molecule has 0 aliphatic rings. The van der Waals surface area contributed by atoms with E-state index in [4.69, 9.17) is 0 Å². The maximum absolute atomic E-state index is 4.06. The zero-order valence-electron chi connectivity index (χ0n) is 26.6. The molecule has 12 rings (SSSR count). The van der Waals surface area contributed by atoms with Gasteiger partial charge in [-0.1, -0.05) is 146 Å². The van der Waals surface area contributed by atoms with Crippen LogP contribution in [0.4, 0.5) is 0 Å². The molecule has 0 atom stereocenters. The SMILES string of the molecule is Brc1c2ccccc2c2ccc3c4ccccc4c(-c4c5ccccc5c5ccc6c7ccccc7c(Br)c7ccc4c5c76)c4ccc1c2c43. The molecule has 2 heteroatoms. The summed E-state index contributed by atoms with van der Waals surface area (Å²) in [7, 11) is 0. The number of rotatable bonds is 1. The summed E-state index contributed by atoms with van der Waals surface area (Å²) in [5.41, 5.74) is 2.62. The van der Waals surface area contributed by atoms with Crippen LogP contribution < -0.4 is 0 Å². The molecule has 0 nitrogen and oxygen atoms in total. The molecule has 12 aromatic rings. The van der Waals surface area contributed by atoms with E-state index in [9.17, 15) is 0 Å². The molecule has 50 heavy (non-hydrogen) atoms. The maximum atomic E-state index is 4.06. The molecular weight excluding hydrogens is 736 g/mol. The Bertz CT molecular complexity index is 3210. The van der Waals surface area contributed by atoms with Crippen LogP contribution in [0.2, 0.25) is 0 Å². The van der Waals surface area contributed by atoms with Crippen molar-refractivity contribution in [2.75, 3.05) is 0 Å². The van der Waals surface area contributed by atoms with Crippen LogP contribution in [-0.4, -0.2) is 0 Å². The van der Waals surface area contributed by atoms with Crippen molar-refractivity contribution >= 4 is 140 Å². The summed E-state index contributed by atoms with van der Waals surface area (Å²) in [5, 5.41) is 25.9. The predicted octanol–water partition coefficient (Wildman–Crippen LogP) is 15.3. The quantitative estimate of drug-likeness (QED) is 0.115. The van der Waals surface area contributed by atoms with Crippen LogP contribution in [0.3, 0.4) is 0 Å². The van der Waals surface area contributed by atoms with Crippen LogP contribution in [0, 0.1) is 0 Å². The highest BCUT2D eigenvalue weighted by molar-refractivity contribution is 9.11. The van der Waals surface area contributed by atoms with Gasteiger partial charge >= 0.3 is 0 Å². The fourth-order valence-corrected chi connectivity index (χ4v) is 10.8. The minimum absolute atomic E-state index is 1.16. The van der Waals surface area contributed by atoms with Gasteiger partial charge in [0.15, 0.2) is 0 Å². The molecule has 0 radical (unpaired) electrons. The summed E-state index contributed by atoms with van der Waals surface area (Å²) >= 11 is 8.12. The lowest BCUT2D eigenvalue weighted by Gasteiger charge is -2.23. The Morgan fingerprint density at radius 1 is 0.200 bits per heavy atom. The first-order chi connectivity index (χ1) is 24.7. The van der Waals surface area contributed by atoms with Gasteiger partial charge in [0.1, 0.15) is 0 Å². The molecule has 0 heterocycles. The van der Waals surface area contributed by atoms with Crippen molar-refractivity contribution < 1.29 is 0 Å². The van der Waals surface area contributed by atoms with Gasteiger partial charge in [0.2, 0.25) is 0 Å². The Hall–Kier alpha value is -5.28. The van der Waals surface area contributed by atoms with Crippen molar-refractivity contribution in [3.05, 3.63) is 155 Å². The Kier molecular flexibility index (Phi) is 5.34. The van der Waals surface area contributed by atoms with Crippen LogP contribution >= 0.6 is 31.9 Å². The molecule has 0 aliphatic carbocycles. The smallest absolute Gasteiger partial charge is 0.0332 e. The number of hydrogen-bond donors (Lipinski definition) is 0. The van der Waals surface area contributed by atoms with Gasteiger partial charge in [0.25, 0.3) is 0 Å². The second kappa shape index (κ2) is 9.69. The Labute approximate surface area is 303 Å². The lowest BCUT2D eigenvalue weighted by molar-refractivity contribution is 1.74. The zero-order valence-corrected chi connectivity index (χ0v) is 29.8. The highest BCUT2D eigenvalue weighted by atomic mass is 79.9. The molecule has 0 bridgehead atoms. The molecule has 0 N–H and O–H groups in total. The number of benzene rings is 12. The van der Waals surface area contributed by atoms with Crippen LogP contribution in [0.25, 0.3) is 119 Å². The summed E-state index contributed by atoms with van der Waals surface area (Å²) in [5.74, 6) is 0. The van der Waals surface area contributed by atoms with Gasteiger partial charge in [0, 0.05) is 8.95 Å². The van der Waals surface area contributed by atoms with Gasteiger partial charge in [-0.05, 0) is 151 Å². The van der Waals surface area contributed by atoms with Crippen LogP contribution in [0.5, 0.6) is 0 Å². The van der Waals surface area contributed by atoms with Gasteiger partial charge in [0.05, 0.1) is 0 Å². The van der Waals surface area contributed by atoms with Crippen molar-refractivity contribution in [3.8, 4) is 11.1 Å². The van der Waals surface area contributed by atoms with Crippen molar-refractivity contribution in [1.29, 1.82) is 0 Å². The van der Waals surface area contributed by atoms with E-state index in [1.165, 1.54) is 119 Å². The van der Waals surface area contributed by atoms with Crippen molar-refractivity contribution in [3.63, 3.8) is 0 Å². The third kappa shape index (κ3) is 3.27. The van der Waals surface area contributed by atoms with E-state index in [1.54, 1.807) is 0 Å². The highest BCUT2D eigenvalue weighted by Gasteiger charge is 2.24. The van der Waals surface area contributed by atoms with Crippen molar-refractivity contribution in [2.45, 2.75) is 0 Å². The first-order valence-electron chi connectivity index (χ1n) is 17.1. The molecule has 0 saturated carbocycles. The summed E-state index contributed by atoms with van der Waals surface area (Å²) in [6.45, 7) is 0. The fourth-order valence-electron chi connectivity index (χ4n) is 9.48. The van der Waals surface area contributed by atoms with Gasteiger partial charge < -0.3 is 0 Å².